The van der Waals surface area contributed by atoms with Crippen LogP contribution in [0.4, 0.5) is 5.69 Å². The lowest BCUT2D eigenvalue weighted by Gasteiger charge is -2.31. The molecule has 1 saturated heterocycles. The van der Waals surface area contributed by atoms with Crippen LogP contribution in [0, 0.1) is 23.0 Å². The van der Waals surface area contributed by atoms with E-state index in [1.165, 1.54) is 6.07 Å². The molecule has 2 aliphatic rings. The summed E-state index contributed by atoms with van der Waals surface area (Å²) in [5.41, 5.74) is 1.33. The van der Waals surface area contributed by atoms with Gasteiger partial charge in [-0.25, -0.2) is 0 Å². The van der Waals surface area contributed by atoms with Crippen molar-refractivity contribution in [1.82, 2.24) is 4.90 Å². The fraction of sp³-hybridized carbons (Fsp3) is 0.364. The molecular weight excluding hydrogens is 388 g/mol. The minimum atomic E-state index is -0.482. The molecule has 8 heteroatoms. The van der Waals surface area contributed by atoms with Gasteiger partial charge in [0.1, 0.15) is 13.2 Å². The number of nitrogens with zero attached hydrogens (tertiary/aromatic N) is 2. The molecule has 0 unspecified atom stereocenters. The summed E-state index contributed by atoms with van der Waals surface area (Å²) in [4.78, 5) is 38.0. The smallest absolute Gasteiger partial charge is 0.273 e. The summed E-state index contributed by atoms with van der Waals surface area (Å²) < 4.78 is 11.0. The Morgan fingerprint density at radius 3 is 2.37 bits per heavy atom. The summed E-state index contributed by atoms with van der Waals surface area (Å²) in [5.74, 6) is 0.837. The Hall–Kier alpha value is -3.42. The molecule has 0 aliphatic carbocycles. The lowest BCUT2D eigenvalue weighted by molar-refractivity contribution is -0.385. The van der Waals surface area contributed by atoms with Crippen molar-refractivity contribution in [3.8, 4) is 11.5 Å². The normalized spacial score (nSPS) is 16.2. The van der Waals surface area contributed by atoms with Crippen LogP contribution in [0.1, 0.15) is 39.1 Å². The molecule has 0 radical (unpaired) electrons. The molecule has 0 saturated carbocycles. The highest BCUT2D eigenvalue weighted by Crippen LogP contribution is 2.33. The SMILES string of the molecule is Cc1ccc(C(=O)N2CCC(C(=O)c3ccc4c(c3)OCCO4)CC2)cc1[N+](=O)[O-]. The second-order valence-corrected chi connectivity index (χ2v) is 7.55. The van der Waals surface area contributed by atoms with Gasteiger partial charge in [0, 0.05) is 41.8 Å². The Morgan fingerprint density at radius 1 is 1.00 bits per heavy atom. The van der Waals surface area contributed by atoms with Crippen molar-refractivity contribution >= 4 is 17.4 Å². The highest BCUT2D eigenvalue weighted by atomic mass is 16.6. The van der Waals surface area contributed by atoms with Gasteiger partial charge in [0.25, 0.3) is 11.6 Å². The van der Waals surface area contributed by atoms with Crippen LogP contribution in [0.2, 0.25) is 0 Å². The molecule has 0 N–H and O–H groups in total. The Balaban J connectivity index is 1.41. The number of nitro benzene ring substituents is 1. The van der Waals surface area contributed by atoms with E-state index >= 15 is 0 Å². The van der Waals surface area contributed by atoms with Gasteiger partial charge in [-0.05, 0) is 44.0 Å². The number of rotatable bonds is 4. The lowest BCUT2D eigenvalue weighted by Crippen LogP contribution is -2.40. The summed E-state index contributed by atoms with van der Waals surface area (Å²) in [6, 6.07) is 9.74. The molecule has 30 heavy (non-hydrogen) atoms. The highest BCUT2D eigenvalue weighted by molar-refractivity contribution is 5.99. The Bertz CT molecular complexity index is 1010. The first-order valence-electron chi connectivity index (χ1n) is 9.92. The third-order valence-electron chi connectivity index (χ3n) is 5.63. The van der Waals surface area contributed by atoms with Crippen LogP contribution in [0.5, 0.6) is 11.5 Å². The fourth-order valence-electron chi connectivity index (χ4n) is 3.90. The minimum absolute atomic E-state index is 0.0325. The Morgan fingerprint density at radius 2 is 1.67 bits per heavy atom. The second kappa shape index (κ2) is 8.14. The van der Waals surface area contributed by atoms with Crippen LogP contribution in [0.25, 0.3) is 0 Å². The number of aryl methyl sites for hydroxylation is 1. The van der Waals surface area contributed by atoms with E-state index in [1.54, 1.807) is 42.2 Å². The molecule has 2 aromatic rings. The minimum Gasteiger partial charge on any atom is -0.486 e. The number of fused-ring (bicyclic) bond motifs is 1. The van der Waals surface area contributed by atoms with Crippen LogP contribution in [0.3, 0.4) is 0 Å². The van der Waals surface area contributed by atoms with Gasteiger partial charge in [-0.3, -0.25) is 19.7 Å². The summed E-state index contributed by atoms with van der Waals surface area (Å²) >= 11 is 0. The van der Waals surface area contributed by atoms with Crippen molar-refractivity contribution in [3.63, 3.8) is 0 Å². The van der Waals surface area contributed by atoms with Crippen LogP contribution >= 0.6 is 0 Å². The molecule has 0 aromatic heterocycles. The van der Waals surface area contributed by atoms with Crippen LogP contribution in [0.15, 0.2) is 36.4 Å². The van der Waals surface area contributed by atoms with Gasteiger partial charge in [0.05, 0.1) is 4.92 Å². The van der Waals surface area contributed by atoms with Gasteiger partial charge in [0.15, 0.2) is 17.3 Å². The predicted octanol–water partition coefficient (Wildman–Crippen LogP) is 3.41. The maximum atomic E-state index is 12.9. The summed E-state index contributed by atoms with van der Waals surface area (Å²) in [7, 11) is 0. The maximum absolute atomic E-state index is 12.9. The van der Waals surface area contributed by atoms with E-state index in [9.17, 15) is 19.7 Å². The summed E-state index contributed by atoms with van der Waals surface area (Å²) in [6.07, 6.45) is 1.10. The van der Waals surface area contributed by atoms with Crippen molar-refractivity contribution in [2.45, 2.75) is 19.8 Å². The van der Waals surface area contributed by atoms with Gasteiger partial charge in [0.2, 0.25) is 0 Å². The number of benzene rings is 2. The standard InChI is InChI=1S/C22H22N2O6/c1-14-2-3-17(12-18(14)24(27)28)22(26)23-8-6-15(7-9-23)21(25)16-4-5-19-20(13-16)30-11-10-29-19/h2-5,12-13,15H,6-11H2,1H3. The second-order valence-electron chi connectivity index (χ2n) is 7.55. The number of ketones is 1. The number of nitro groups is 1. The molecule has 0 atom stereocenters. The molecule has 2 heterocycles. The van der Waals surface area contributed by atoms with Gasteiger partial charge in [-0.2, -0.15) is 0 Å². The van der Waals surface area contributed by atoms with Crippen molar-refractivity contribution < 1.29 is 24.0 Å². The van der Waals surface area contributed by atoms with Gasteiger partial charge >= 0.3 is 0 Å². The van der Waals surface area contributed by atoms with Gasteiger partial charge < -0.3 is 14.4 Å². The summed E-state index contributed by atoms with van der Waals surface area (Å²) in [5, 5.41) is 11.1. The van der Waals surface area contributed by atoms with Crippen LogP contribution in [-0.4, -0.2) is 47.8 Å². The van der Waals surface area contributed by atoms with Gasteiger partial charge in [-0.1, -0.05) is 6.07 Å². The molecule has 8 nitrogen and oxygen atoms in total. The Labute approximate surface area is 173 Å². The number of likely N-dealkylation sites (tertiary alicyclic amines) is 1. The van der Waals surface area contributed by atoms with Crippen molar-refractivity contribution in [1.29, 1.82) is 0 Å². The first kappa shape index (κ1) is 19.9. The fourth-order valence-corrected chi connectivity index (χ4v) is 3.90. The number of hydrogen-bond donors (Lipinski definition) is 0. The molecule has 0 spiro atoms. The molecule has 1 amide bonds. The van der Waals surface area contributed by atoms with E-state index in [1.807, 2.05) is 0 Å². The van der Waals surface area contributed by atoms with E-state index in [2.05, 4.69) is 0 Å². The van der Waals surface area contributed by atoms with E-state index in [0.29, 0.717) is 67.3 Å². The van der Waals surface area contributed by atoms with E-state index < -0.39 is 4.92 Å². The van der Waals surface area contributed by atoms with Crippen molar-refractivity contribution in [2.75, 3.05) is 26.3 Å². The number of piperidine rings is 1. The number of amides is 1. The first-order chi connectivity index (χ1) is 14.4. The molecule has 2 aromatic carbocycles. The van der Waals surface area contributed by atoms with E-state index in [-0.39, 0.29) is 23.3 Å². The third-order valence-corrected chi connectivity index (χ3v) is 5.63. The lowest BCUT2D eigenvalue weighted by atomic mass is 9.88. The average molecular weight is 410 g/mol. The monoisotopic (exact) mass is 410 g/mol. The predicted molar refractivity (Wildman–Crippen MR) is 108 cm³/mol. The zero-order valence-corrected chi connectivity index (χ0v) is 16.6. The largest absolute Gasteiger partial charge is 0.486 e. The molecule has 156 valence electrons. The number of hydrogen-bond acceptors (Lipinski definition) is 6. The van der Waals surface area contributed by atoms with Crippen LogP contribution in [-0.2, 0) is 0 Å². The van der Waals surface area contributed by atoms with Gasteiger partial charge in [-0.15, -0.1) is 0 Å². The van der Waals surface area contributed by atoms with Crippen LogP contribution < -0.4 is 9.47 Å². The average Bonchev–Trinajstić information content (AvgIpc) is 2.78. The zero-order valence-electron chi connectivity index (χ0n) is 16.6. The topological polar surface area (TPSA) is 99.0 Å². The quantitative estimate of drug-likeness (QED) is 0.435. The molecule has 4 rings (SSSR count). The first-order valence-corrected chi connectivity index (χ1v) is 9.92. The molecule has 2 aliphatic heterocycles. The molecular formula is C22H22N2O6. The van der Waals surface area contributed by atoms with E-state index in [0.717, 1.165) is 0 Å². The van der Waals surface area contributed by atoms with E-state index in [4.69, 9.17) is 9.47 Å². The van der Waals surface area contributed by atoms with Crippen molar-refractivity contribution in [3.05, 3.63) is 63.2 Å². The number of ether oxygens (including phenoxy) is 2. The Kier molecular flexibility index (Phi) is 5.39. The third kappa shape index (κ3) is 3.85. The highest BCUT2D eigenvalue weighted by Gasteiger charge is 2.29. The molecule has 0 bridgehead atoms. The number of carbonyl (C=O) groups excluding carboxylic acids is 2. The maximum Gasteiger partial charge on any atom is 0.273 e. The number of Topliss-reactive ketones (excluding diaryl/α,β-unsaturated/α-hetero) is 1. The number of carbonyl (C=O) groups is 2. The molecule has 1 fully saturated rings. The zero-order chi connectivity index (χ0) is 21.3. The van der Waals surface area contributed by atoms with Crippen molar-refractivity contribution in [2.24, 2.45) is 5.92 Å². The summed E-state index contributed by atoms with van der Waals surface area (Å²) in [6.45, 7) is 3.46.